The van der Waals surface area contributed by atoms with Crippen LogP contribution in [0.4, 0.5) is 0 Å². The molecule has 1 N–H and O–H groups in total. The largest absolute Gasteiger partial charge is 0.497 e. The van der Waals surface area contributed by atoms with Crippen molar-refractivity contribution >= 4 is 35.1 Å². The van der Waals surface area contributed by atoms with Crippen molar-refractivity contribution in [1.82, 2.24) is 5.32 Å². The molecule has 0 aliphatic carbocycles. The van der Waals surface area contributed by atoms with Crippen LogP contribution in [-0.4, -0.2) is 32.7 Å². The molecular formula is C19H19Cl2NO5. The molecule has 0 aliphatic heterocycles. The third-order valence-corrected chi connectivity index (χ3v) is 4.51. The second-order valence-electron chi connectivity index (χ2n) is 5.60. The van der Waals surface area contributed by atoms with Gasteiger partial charge in [-0.15, -0.1) is 0 Å². The highest BCUT2D eigenvalue weighted by atomic mass is 35.5. The van der Waals surface area contributed by atoms with E-state index in [0.717, 1.165) is 5.56 Å². The molecule has 0 saturated carbocycles. The number of methoxy groups -OCH3 is 2. The minimum atomic E-state index is -0.671. The molecule has 0 saturated heterocycles. The minimum absolute atomic E-state index is 0.208. The molecule has 6 nitrogen and oxygen atoms in total. The van der Waals surface area contributed by atoms with Crippen LogP contribution in [0.5, 0.6) is 11.5 Å². The minimum Gasteiger partial charge on any atom is -0.497 e. The van der Waals surface area contributed by atoms with Gasteiger partial charge in [0.1, 0.15) is 11.5 Å². The van der Waals surface area contributed by atoms with Gasteiger partial charge in [-0.1, -0.05) is 23.2 Å². The van der Waals surface area contributed by atoms with Gasteiger partial charge in [0.15, 0.2) is 6.61 Å². The lowest BCUT2D eigenvalue weighted by Crippen LogP contribution is -2.31. The molecule has 0 fully saturated rings. The predicted molar refractivity (Wildman–Crippen MR) is 103 cm³/mol. The first-order chi connectivity index (χ1) is 12.8. The van der Waals surface area contributed by atoms with E-state index in [-0.39, 0.29) is 16.6 Å². The first-order valence-electron chi connectivity index (χ1n) is 7.99. The number of amides is 1. The zero-order valence-corrected chi connectivity index (χ0v) is 16.6. The van der Waals surface area contributed by atoms with Gasteiger partial charge in [-0.3, -0.25) is 4.79 Å². The zero-order chi connectivity index (χ0) is 20.0. The normalized spacial score (nSPS) is 11.4. The van der Waals surface area contributed by atoms with Gasteiger partial charge in [-0.05, 0) is 43.3 Å². The SMILES string of the molecule is COc1ccc(OC)c([C@H](C)NC(=O)COC(=O)c2ccc(Cl)c(Cl)c2)c1. The molecule has 2 rings (SSSR count). The number of ether oxygens (including phenoxy) is 3. The van der Waals surface area contributed by atoms with Gasteiger partial charge in [0, 0.05) is 5.56 Å². The lowest BCUT2D eigenvalue weighted by atomic mass is 10.1. The van der Waals surface area contributed by atoms with E-state index in [1.807, 2.05) is 0 Å². The maximum Gasteiger partial charge on any atom is 0.338 e. The van der Waals surface area contributed by atoms with Crippen LogP contribution in [0.25, 0.3) is 0 Å². The summed E-state index contributed by atoms with van der Waals surface area (Å²) >= 11 is 11.7. The molecule has 0 unspecified atom stereocenters. The van der Waals surface area contributed by atoms with Gasteiger partial charge < -0.3 is 19.5 Å². The zero-order valence-electron chi connectivity index (χ0n) is 15.0. The van der Waals surface area contributed by atoms with Crippen LogP contribution in [0.15, 0.2) is 36.4 Å². The van der Waals surface area contributed by atoms with Crippen LogP contribution < -0.4 is 14.8 Å². The van der Waals surface area contributed by atoms with Crippen LogP contribution in [0.2, 0.25) is 10.0 Å². The lowest BCUT2D eigenvalue weighted by Gasteiger charge is -2.18. The van der Waals surface area contributed by atoms with Crippen LogP contribution >= 0.6 is 23.2 Å². The molecule has 8 heteroatoms. The standard InChI is InChI=1S/C19H19Cl2NO5/c1-11(14-9-13(25-2)5-7-17(14)26-3)22-18(23)10-27-19(24)12-4-6-15(20)16(21)8-12/h4-9,11H,10H2,1-3H3,(H,22,23)/t11-/m0/s1. The van der Waals surface area contributed by atoms with Crippen molar-refractivity contribution < 1.29 is 23.8 Å². The van der Waals surface area contributed by atoms with E-state index in [1.165, 1.54) is 18.2 Å². The molecule has 0 heterocycles. The summed E-state index contributed by atoms with van der Waals surface area (Å²) in [7, 11) is 3.09. The molecule has 2 aromatic carbocycles. The Hall–Kier alpha value is -2.44. The first-order valence-corrected chi connectivity index (χ1v) is 8.74. The number of nitrogens with one attached hydrogen (secondary N) is 1. The van der Waals surface area contributed by atoms with Gasteiger partial charge in [-0.2, -0.15) is 0 Å². The van der Waals surface area contributed by atoms with Gasteiger partial charge >= 0.3 is 5.97 Å². The first kappa shape index (κ1) is 20.9. The maximum atomic E-state index is 12.1. The summed E-state index contributed by atoms with van der Waals surface area (Å²) in [5.41, 5.74) is 0.945. The Balaban J connectivity index is 1.97. The molecule has 0 radical (unpaired) electrons. The number of esters is 1. The van der Waals surface area contributed by atoms with Crippen LogP contribution in [0.1, 0.15) is 28.9 Å². The van der Waals surface area contributed by atoms with Gasteiger partial charge in [0.2, 0.25) is 0 Å². The van der Waals surface area contributed by atoms with Crippen molar-refractivity contribution in [2.75, 3.05) is 20.8 Å². The molecule has 0 spiro atoms. The fourth-order valence-electron chi connectivity index (χ4n) is 2.38. The van der Waals surface area contributed by atoms with Crippen LogP contribution in [-0.2, 0) is 9.53 Å². The van der Waals surface area contributed by atoms with Gasteiger partial charge in [-0.25, -0.2) is 4.79 Å². The quantitative estimate of drug-likeness (QED) is 0.695. The molecule has 0 bridgehead atoms. The molecule has 144 valence electrons. The second-order valence-corrected chi connectivity index (χ2v) is 6.42. The molecule has 0 aliphatic rings. The van der Waals surface area contributed by atoms with E-state index in [1.54, 1.807) is 39.3 Å². The molecule has 27 heavy (non-hydrogen) atoms. The summed E-state index contributed by atoms with van der Waals surface area (Å²) in [6.45, 7) is 1.35. The van der Waals surface area contributed by atoms with E-state index in [9.17, 15) is 9.59 Å². The van der Waals surface area contributed by atoms with Crippen molar-refractivity contribution in [1.29, 1.82) is 0 Å². The Bertz CT molecular complexity index is 841. The maximum absolute atomic E-state index is 12.1. The Morgan fingerprint density at radius 3 is 2.41 bits per heavy atom. The lowest BCUT2D eigenvalue weighted by molar-refractivity contribution is -0.124. The molecule has 1 amide bonds. The Morgan fingerprint density at radius 1 is 1.04 bits per heavy atom. The fraction of sp³-hybridized carbons (Fsp3) is 0.263. The smallest absolute Gasteiger partial charge is 0.338 e. The molecular weight excluding hydrogens is 393 g/mol. The molecule has 1 atom stereocenters. The van der Waals surface area contributed by atoms with Crippen LogP contribution in [0.3, 0.4) is 0 Å². The van der Waals surface area contributed by atoms with Crippen molar-refractivity contribution in [2.24, 2.45) is 0 Å². The molecule has 2 aromatic rings. The van der Waals surface area contributed by atoms with Crippen molar-refractivity contribution in [3.05, 3.63) is 57.6 Å². The second kappa shape index (κ2) is 9.48. The van der Waals surface area contributed by atoms with E-state index < -0.39 is 18.5 Å². The third kappa shape index (κ3) is 5.52. The highest BCUT2D eigenvalue weighted by molar-refractivity contribution is 6.42. The van der Waals surface area contributed by atoms with Crippen molar-refractivity contribution in [3.63, 3.8) is 0 Å². The monoisotopic (exact) mass is 411 g/mol. The summed E-state index contributed by atoms with van der Waals surface area (Å²) in [4.78, 5) is 24.1. The summed E-state index contributed by atoms with van der Waals surface area (Å²) in [6.07, 6.45) is 0. The molecule has 0 aromatic heterocycles. The van der Waals surface area contributed by atoms with Crippen molar-refractivity contribution in [2.45, 2.75) is 13.0 Å². The van der Waals surface area contributed by atoms with Gasteiger partial charge in [0.05, 0.1) is 35.9 Å². The summed E-state index contributed by atoms with van der Waals surface area (Å²) in [5.74, 6) is 0.116. The number of hydrogen-bond donors (Lipinski definition) is 1. The predicted octanol–water partition coefficient (Wildman–Crippen LogP) is 4.04. The average Bonchev–Trinajstić information content (AvgIpc) is 2.67. The average molecular weight is 412 g/mol. The number of benzene rings is 2. The van der Waals surface area contributed by atoms with Crippen LogP contribution in [0, 0.1) is 0 Å². The number of rotatable bonds is 7. The number of carbonyl (C=O) groups excluding carboxylic acids is 2. The Morgan fingerprint density at radius 2 is 1.78 bits per heavy atom. The number of carbonyl (C=O) groups is 2. The third-order valence-electron chi connectivity index (χ3n) is 3.77. The highest BCUT2D eigenvalue weighted by Crippen LogP contribution is 2.29. The summed E-state index contributed by atoms with van der Waals surface area (Å²) < 4.78 is 15.5. The number of halogens is 2. The number of hydrogen-bond acceptors (Lipinski definition) is 5. The van der Waals surface area contributed by atoms with Crippen molar-refractivity contribution in [3.8, 4) is 11.5 Å². The Kier molecular flexibility index (Phi) is 7.33. The van der Waals surface area contributed by atoms with Gasteiger partial charge in [0.25, 0.3) is 5.91 Å². The van der Waals surface area contributed by atoms with E-state index in [4.69, 9.17) is 37.4 Å². The highest BCUT2D eigenvalue weighted by Gasteiger charge is 2.17. The summed E-state index contributed by atoms with van der Waals surface area (Å²) in [5, 5.41) is 3.31. The Labute approximate surface area is 167 Å². The summed E-state index contributed by atoms with van der Waals surface area (Å²) in [6, 6.07) is 9.23. The fourth-order valence-corrected chi connectivity index (χ4v) is 2.67. The van der Waals surface area contributed by atoms with E-state index in [0.29, 0.717) is 16.5 Å². The van der Waals surface area contributed by atoms with E-state index in [2.05, 4.69) is 5.32 Å². The van der Waals surface area contributed by atoms with E-state index >= 15 is 0 Å². The topological polar surface area (TPSA) is 73.9 Å².